The lowest BCUT2D eigenvalue weighted by Crippen LogP contribution is -2.42. The zero-order valence-electron chi connectivity index (χ0n) is 13.7. The van der Waals surface area contributed by atoms with Crippen LogP contribution in [0, 0.1) is 5.41 Å². The lowest BCUT2D eigenvalue weighted by molar-refractivity contribution is -0.147. The number of nitrogens with zero attached hydrogens (tertiary/aromatic N) is 1. The van der Waals surface area contributed by atoms with Crippen LogP contribution in [0.15, 0.2) is 41.1 Å². The van der Waals surface area contributed by atoms with Crippen LogP contribution >= 0.6 is 22.9 Å². The van der Waals surface area contributed by atoms with Crippen molar-refractivity contribution in [3.63, 3.8) is 0 Å². The first-order chi connectivity index (χ1) is 11.9. The van der Waals surface area contributed by atoms with Crippen molar-refractivity contribution in [2.45, 2.75) is 19.4 Å². The SMILES string of the molecule is CC1(C(=O)O)CCN(C(=O)NC(c2ccc(Cl)cc2)c2ccsc2)C1. The molecule has 1 aromatic heterocycles. The molecule has 0 saturated carbocycles. The Kier molecular flexibility index (Phi) is 5.01. The molecule has 0 bridgehead atoms. The average molecular weight is 379 g/mol. The number of rotatable bonds is 4. The van der Waals surface area contributed by atoms with Crippen molar-refractivity contribution in [3.8, 4) is 0 Å². The normalized spacial score (nSPS) is 21.1. The molecule has 2 unspecified atom stereocenters. The number of carboxylic acids is 1. The van der Waals surface area contributed by atoms with Gasteiger partial charge in [0.05, 0.1) is 11.5 Å². The van der Waals surface area contributed by atoms with E-state index in [4.69, 9.17) is 11.6 Å². The molecule has 2 amide bonds. The van der Waals surface area contributed by atoms with Crippen LogP contribution < -0.4 is 5.32 Å². The number of benzene rings is 1. The van der Waals surface area contributed by atoms with E-state index in [1.54, 1.807) is 35.3 Å². The van der Waals surface area contributed by atoms with Crippen molar-refractivity contribution in [1.29, 1.82) is 0 Å². The highest BCUT2D eigenvalue weighted by Gasteiger charge is 2.42. The Morgan fingerprint density at radius 3 is 2.56 bits per heavy atom. The Labute approximate surface area is 155 Å². The minimum absolute atomic E-state index is 0.213. The fourth-order valence-corrected chi connectivity index (χ4v) is 3.79. The predicted octanol–water partition coefficient (Wildman–Crippen LogP) is 4.00. The highest BCUT2D eigenvalue weighted by Crippen LogP contribution is 2.31. The molecule has 2 atom stereocenters. The lowest BCUT2D eigenvalue weighted by Gasteiger charge is -2.24. The second kappa shape index (κ2) is 7.06. The van der Waals surface area contributed by atoms with Crippen molar-refractivity contribution in [2.24, 2.45) is 5.41 Å². The summed E-state index contributed by atoms with van der Waals surface area (Å²) in [5, 5.41) is 17.0. The van der Waals surface area contributed by atoms with Crippen LogP contribution in [0.1, 0.15) is 30.5 Å². The number of carboxylic acid groups (broad SMARTS) is 1. The number of thiophene rings is 1. The molecule has 0 spiro atoms. The van der Waals surface area contributed by atoms with Crippen LogP contribution in [0.4, 0.5) is 4.79 Å². The largest absolute Gasteiger partial charge is 0.481 e. The minimum atomic E-state index is -0.879. The standard InChI is InChI=1S/C18H19ClN2O3S/c1-18(16(22)23)7-8-21(11-18)17(24)20-15(13-6-9-25-10-13)12-2-4-14(19)5-3-12/h2-6,9-10,15H,7-8,11H2,1H3,(H,20,24)(H,22,23). The van der Waals surface area contributed by atoms with Crippen molar-refractivity contribution in [2.75, 3.05) is 13.1 Å². The third-order valence-electron chi connectivity index (χ3n) is 4.62. The van der Waals surface area contributed by atoms with E-state index in [2.05, 4.69) is 5.32 Å². The molecule has 1 aromatic carbocycles. The summed E-state index contributed by atoms with van der Waals surface area (Å²) < 4.78 is 0. The van der Waals surface area contributed by atoms with Crippen LogP contribution in [0.3, 0.4) is 0 Å². The summed E-state index contributed by atoms with van der Waals surface area (Å²) in [6, 6.07) is 8.77. The Bertz CT molecular complexity index is 763. The highest BCUT2D eigenvalue weighted by atomic mass is 35.5. The Morgan fingerprint density at radius 2 is 2.00 bits per heavy atom. The Balaban J connectivity index is 1.78. The Morgan fingerprint density at radius 1 is 1.28 bits per heavy atom. The minimum Gasteiger partial charge on any atom is -0.481 e. The van der Waals surface area contributed by atoms with E-state index < -0.39 is 11.4 Å². The van der Waals surface area contributed by atoms with E-state index in [1.165, 1.54) is 0 Å². The van der Waals surface area contributed by atoms with Gasteiger partial charge < -0.3 is 15.3 Å². The quantitative estimate of drug-likeness (QED) is 0.844. The Hall–Kier alpha value is -2.05. The van der Waals surface area contributed by atoms with Gasteiger partial charge in [0.2, 0.25) is 0 Å². The van der Waals surface area contributed by atoms with E-state index in [-0.39, 0.29) is 18.6 Å². The average Bonchev–Trinajstić information content (AvgIpc) is 3.24. The number of halogens is 1. The van der Waals surface area contributed by atoms with E-state index >= 15 is 0 Å². The molecule has 7 heteroatoms. The summed E-state index contributed by atoms with van der Waals surface area (Å²) in [6.07, 6.45) is 0.458. The number of carbonyl (C=O) groups is 2. The first kappa shape index (κ1) is 17.8. The summed E-state index contributed by atoms with van der Waals surface area (Å²) in [5.74, 6) is -0.866. The molecule has 2 aromatic rings. The van der Waals surface area contributed by atoms with Crippen LogP contribution in [0.25, 0.3) is 0 Å². The van der Waals surface area contributed by atoms with Crippen molar-refractivity contribution in [1.82, 2.24) is 10.2 Å². The first-order valence-corrected chi connectivity index (χ1v) is 9.27. The molecule has 1 aliphatic rings. The third-order valence-corrected chi connectivity index (χ3v) is 5.58. The molecule has 1 saturated heterocycles. The number of carbonyl (C=O) groups excluding carboxylic acids is 1. The predicted molar refractivity (Wildman–Crippen MR) is 98.1 cm³/mol. The fraction of sp³-hybridized carbons (Fsp3) is 0.333. The van der Waals surface area contributed by atoms with Crippen molar-refractivity contribution < 1.29 is 14.7 Å². The number of likely N-dealkylation sites (tertiary alicyclic amines) is 1. The van der Waals surface area contributed by atoms with Gasteiger partial charge in [-0.15, -0.1) is 0 Å². The molecule has 0 aliphatic carbocycles. The fourth-order valence-electron chi connectivity index (χ4n) is 2.98. The highest BCUT2D eigenvalue weighted by molar-refractivity contribution is 7.08. The zero-order chi connectivity index (χ0) is 18.0. The maximum Gasteiger partial charge on any atom is 0.318 e. The number of amides is 2. The van der Waals surface area contributed by atoms with Gasteiger partial charge in [-0.05, 0) is 53.4 Å². The maximum atomic E-state index is 12.7. The number of aliphatic carboxylic acids is 1. The summed E-state index contributed by atoms with van der Waals surface area (Å²) in [4.78, 5) is 25.7. The smallest absolute Gasteiger partial charge is 0.318 e. The summed E-state index contributed by atoms with van der Waals surface area (Å²) in [6.45, 7) is 2.33. The van der Waals surface area contributed by atoms with Gasteiger partial charge in [-0.2, -0.15) is 11.3 Å². The summed E-state index contributed by atoms with van der Waals surface area (Å²) in [5.41, 5.74) is 1.03. The monoisotopic (exact) mass is 378 g/mol. The van der Waals surface area contributed by atoms with Crippen LogP contribution in [0.5, 0.6) is 0 Å². The zero-order valence-corrected chi connectivity index (χ0v) is 15.3. The van der Waals surface area contributed by atoms with Gasteiger partial charge in [-0.3, -0.25) is 4.79 Å². The number of hydrogen-bond acceptors (Lipinski definition) is 3. The third kappa shape index (κ3) is 3.80. The molecule has 0 radical (unpaired) electrons. The number of hydrogen-bond donors (Lipinski definition) is 2. The first-order valence-electron chi connectivity index (χ1n) is 7.95. The molecule has 1 aliphatic heterocycles. The van der Waals surface area contributed by atoms with Gasteiger partial charge in [0.1, 0.15) is 0 Å². The lowest BCUT2D eigenvalue weighted by atomic mass is 9.90. The molecule has 5 nitrogen and oxygen atoms in total. The van der Waals surface area contributed by atoms with Gasteiger partial charge in [0, 0.05) is 18.1 Å². The van der Waals surface area contributed by atoms with Gasteiger partial charge in [0.25, 0.3) is 0 Å². The van der Waals surface area contributed by atoms with E-state index in [1.807, 2.05) is 29.0 Å². The van der Waals surface area contributed by atoms with Gasteiger partial charge in [-0.1, -0.05) is 23.7 Å². The summed E-state index contributed by atoms with van der Waals surface area (Å²) >= 11 is 7.52. The van der Waals surface area contributed by atoms with Crippen LogP contribution in [0.2, 0.25) is 5.02 Å². The second-order valence-electron chi connectivity index (χ2n) is 6.53. The molecule has 25 heavy (non-hydrogen) atoms. The van der Waals surface area contributed by atoms with Crippen molar-refractivity contribution >= 4 is 34.9 Å². The van der Waals surface area contributed by atoms with Crippen LogP contribution in [-0.2, 0) is 4.79 Å². The molecule has 132 valence electrons. The second-order valence-corrected chi connectivity index (χ2v) is 7.74. The molecule has 3 rings (SSSR count). The molecular formula is C18H19ClN2O3S. The molecule has 2 N–H and O–H groups in total. The number of urea groups is 1. The van der Waals surface area contributed by atoms with E-state index in [9.17, 15) is 14.7 Å². The number of nitrogens with one attached hydrogen (secondary N) is 1. The molecule has 1 fully saturated rings. The maximum absolute atomic E-state index is 12.7. The van der Waals surface area contributed by atoms with E-state index in [0.717, 1.165) is 11.1 Å². The van der Waals surface area contributed by atoms with Crippen LogP contribution in [-0.4, -0.2) is 35.1 Å². The molecular weight excluding hydrogens is 360 g/mol. The summed E-state index contributed by atoms with van der Waals surface area (Å²) in [7, 11) is 0. The van der Waals surface area contributed by atoms with E-state index in [0.29, 0.717) is 18.0 Å². The van der Waals surface area contributed by atoms with Gasteiger partial charge in [-0.25, -0.2) is 4.79 Å². The topological polar surface area (TPSA) is 69.6 Å². The van der Waals surface area contributed by atoms with Gasteiger partial charge >= 0.3 is 12.0 Å². The molecule has 2 heterocycles. The van der Waals surface area contributed by atoms with Crippen molar-refractivity contribution in [3.05, 3.63) is 57.2 Å². The van der Waals surface area contributed by atoms with Gasteiger partial charge in [0.15, 0.2) is 0 Å².